The highest BCUT2D eigenvalue weighted by atomic mass is 16.5. The first kappa shape index (κ1) is 20.3. The van der Waals surface area contributed by atoms with E-state index in [0.29, 0.717) is 30.2 Å². The number of aryl methyl sites for hydroxylation is 1. The van der Waals surface area contributed by atoms with E-state index >= 15 is 0 Å². The number of carbonyl (C=O) groups is 1. The molecule has 0 saturated carbocycles. The van der Waals surface area contributed by atoms with Gasteiger partial charge >= 0.3 is 0 Å². The minimum Gasteiger partial charge on any atom is -0.492 e. The van der Waals surface area contributed by atoms with E-state index in [9.17, 15) is 9.59 Å². The molecule has 6 nitrogen and oxygen atoms in total. The van der Waals surface area contributed by atoms with Crippen LogP contribution in [-0.4, -0.2) is 22.3 Å². The van der Waals surface area contributed by atoms with Gasteiger partial charge in [0.15, 0.2) is 0 Å². The second-order valence-corrected chi connectivity index (χ2v) is 6.71. The summed E-state index contributed by atoms with van der Waals surface area (Å²) < 4.78 is 6.83. The molecule has 150 valence electrons. The Morgan fingerprint density at radius 3 is 2.48 bits per heavy atom. The van der Waals surface area contributed by atoms with Gasteiger partial charge in [-0.15, -0.1) is 0 Å². The first-order chi connectivity index (χ1) is 14.0. The number of hydrogen-bond acceptors (Lipinski definition) is 4. The molecule has 0 saturated heterocycles. The van der Waals surface area contributed by atoms with Gasteiger partial charge in [0.1, 0.15) is 11.8 Å². The first-order valence-corrected chi connectivity index (χ1v) is 9.73. The Labute approximate surface area is 170 Å². The van der Waals surface area contributed by atoms with Gasteiger partial charge in [-0.1, -0.05) is 48.9 Å². The molecule has 0 bridgehead atoms. The fraction of sp³-hybridized carbons (Fsp3) is 0.261. The van der Waals surface area contributed by atoms with Crippen molar-refractivity contribution in [3.63, 3.8) is 0 Å². The molecule has 0 fully saturated rings. The highest BCUT2D eigenvalue weighted by Crippen LogP contribution is 2.25. The number of ether oxygens (including phenoxy) is 1. The molecule has 0 aliphatic heterocycles. The van der Waals surface area contributed by atoms with Crippen LogP contribution in [0.2, 0.25) is 0 Å². The molecule has 1 aromatic heterocycles. The number of benzene rings is 2. The van der Waals surface area contributed by atoms with E-state index < -0.39 is 6.04 Å². The van der Waals surface area contributed by atoms with Crippen LogP contribution in [0.15, 0.2) is 65.5 Å². The molecule has 6 heteroatoms. The fourth-order valence-corrected chi connectivity index (χ4v) is 3.06. The van der Waals surface area contributed by atoms with E-state index in [1.807, 2.05) is 57.2 Å². The van der Waals surface area contributed by atoms with Crippen molar-refractivity contribution < 1.29 is 9.53 Å². The molecule has 1 heterocycles. The molecule has 0 radical (unpaired) electrons. The molecule has 1 N–H and O–H groups in total. The Kier molecular flexibility index (Phi) is 6.44. The van der Waals surface area contributed by atoms with Gasteiger partial charge in [-0.25, -0.2) is 4.68 Å². The van der Waals surface area contributed by atoms with Crippen LogP contribution in [0.25, 0.3) is 11.3 Å². The zero-order valence-corrected chi connectivity index (χ0v) is 16.9. The van der Waals surface area contributed by atoms with Gasteiger partial charge in [0.25, 0.3) is 5.56 Å². The lowest BCUT2D eigenvalue weighted by Crippen LogP contribution is -2.34. The predicted molar refractivity (Wildman–Crippen MR) is 114 cm³/mol. The average Bonchev–Trinajstić information content (AvgIpc) is 2.72. The molecule has 3 aromatic rings. The van der Waals surface area contributed by atoms with Gasteiger partial charge in [-0.05, 0) is 38.5 Å². The van der Waals surface area contributed by atoms with E-state index in [4.69, 9.17) is 4.74 Å². The lowest BCUT2D eigenvalue weighted by Gasteiger charge is -2.18. The Morgan fingerprint density at radius 2 is 1.79 bits per heavy atom. The van der Waals surface area contributed by atoms with Crippen LogP contribution < -0.4 is 15.6 Å². The number of carbonyl (C=O) groups excluding carboxylic acids is 1. The fourth-order valence-electron chi connectivity index (χ4n) is 3.06. The van der Waals surface area contributed by atoms with Gasteiger partial charge < -0.3 is 10.1 Å². The second kappa shape index (κ2) is 9.19. The van der Waals surface area contributed by atoms with E-state index in [-0.39, 0.29) is 11.5 Å². The normalized spacial score (nSPS) is 11.7. The van der Waals surface area contributed by atoms with Gasteiger partial charge in [0.05, 0.1) is 18.0 Å². The van der Waals surface area contributed by atoms with E-state index in [2.05, 4.69) is 10.4 Å². The smallest absolute Gasteiger partial charge is 0.267 e. The highest BCUT2D eigenvalue weighted by Gasteiger charge is 2.22. The molecular formula is C23H25N3O3. The lowest BCUT2D eigenvalue weighted by molar-refractivity contribution is -0.119. The third kappa shape index (κ3) is 4.71. The van der Waals surface area contributed by atoms with E-state index in [1.54, 1.807) is 18.2 Å². The molecule has 29 heavy (non-hydrogen) atoms. The van der Waals surface area contributed by atoms with Gasteiger partial charge in [-0.3, -0.25) is 9.59 Å². The Hall–Kier alpha value is -3.41. The zero-order valence-electron chi connectivity index (χ0n) is 16.9. The second-order valence-electron chi connectivity index (χ2n) is 6.71. The first-order valence-electron chi connectivity index (χ1n) is 9.73. The van der Waals surface area contributed by atoms with Crippen molar-refractivity contribution in [1.82, 2.24) is 9.78 Å². The van der Waals surface area contributed by atoms with Crippen LogP contribution in [0.5, 0.6) is 5.75 Å². The predicted octanol–water partition coefficient (Wildman–Crippen LogP) is 4.21. The summed E-state index contributed by atoms with van der Waals surface area (Å²) in [6, 6.07) is 17.5. The summed E-state index contributed by atoms with van der Waals surface area (Å²) in [5.41, 5.74) is 2.93. The van der Waals surface area contributed by atoms with Crippen molar-refractivity contribution in [2.75, 3.05) is 11.9 Å². The maximum Gasteiger partial charge on any atom is 0.267 e. The topological polar surface area (TPSA) is 73.2 Å². The standard InChI is InChI=1S/C23H25N3O3/c1-4-20(23(28)24-19-8-6-7-9-21(19)29-5-2)26-22(27)15-14-18(25-26)17-12-10-16(3)11-13-17/h6-15,20H,4-5H2,1-3H3,(H,24,28)/t20-/m1/s1. The maximum absolute atomic E-state index is 13.0. The molecule has 0 aliphatic rings. The molecule has 0 aliphatic carbocycles. The minimum atomic E-state index is -0.734. The number of amides is 1. The third-order valence-corrected chi connectivity index (χ3v) is 4.60. The number of anilines is 1. The maximum atomic E-state index is 13.0. The summed E-state index contributed by atoms with van der Waals surface area (Å²) in [6.45, 7) is 6.23. The van der Waals surface area contributed by atoms with E-state index in [0.717, 1.165) is 11.1 Å². The van der Waals surface area contributed by atoms with Crippen LogP contribution >= 0.6 is 0 Å². The van der Waals surface area contributed by atoms with Gasteiger partial charge in [0.2, 0.25) is 5.91 Å². The minimum absolute atomic E-state index is 0.310. The van der Waals surface area contributed by atoms with Crippen molar-refractivity contribution in [2.24, 2.45) is 0 Å². The van der Waals surface area contributed by atoms with Crippen molar-refractivity contribution in [3.05, 3.63) is 76.6 Å². The molecule has 1 amide bonds. The summed E-state index contributed by atoms with van der Waals surface area (Å²) in [7, 11) is 0. The third-order valence-electron chi connectivity index (χ3n) is 4.60. The summed E-state index contributed by atoms with van der Waals surface area (Å²) in [6.07, 6.45) is 0.424. The summed E-state index contributed by atoms with van der Waals surface area (Å²) in [5.74, 6) is 0.280. The van der Waals surface area contributed by atoms with Crippen LogP contribution in [0, 0.1) is 6.92 Å². The van der Waals surface area contributed by atoms with Crippen molar-refractivity contribution in [2.45, 2.75) is 33.2 Å². The number of para-hydroxylation sites is 2. The number of nitrogens with zero attached hydrogens (tertiary/aromatic N) is 2. The molecular weight excluding hydrogens is 366 g/mol. The number of nitrogens with one attached hydrogen (secondary N) is 1. The van der Waals surface area contributed by atoms with Crippen molar-refractivity contribution in [1.29, 1.82) is 0 Å². The van der Waals surface area contributed by atoms with Crippen LogP contribution in [-0.2, 0) is 4.79 Å². The van der Waals surface area contributed by atoms with Crippen LogP contribution in [0.4, 0.5) is 5.69 Å². The monoisotopic (exact) mass is 391 g/mol. The van der Waals surface area contributed by atoms with Gasteiger partial charge in [-0.2, -0.15) is 5.10 Å². The number of aromatic nitrogens is 2. The Morgan fingerprint density at radius 1 is 1.07 bits per heavy atom. The van der Waals surface area contributed by atoms with Crippen molar-refractivity contribution in [3.8, 4) is 17.0 Å². The highest BCUT2D eigenvalue weighted by molar-refractivity contribution is 5.95. The largest absolute Gasteiger partial charge is 0.492 e. The summed E-state index contributed by atoms with van der Waals surface area (Å²) in [4.78, 5) is 25.5. The molecule has 3 rings (SSSR count). The van der Waals surface area contributed by atoms with Crippen molar-refractivity contribution >= 4 is 11.6 Å². The number of hydrogen-bond donors (Lipinski definition) is 1. The quantitative estimate of drug-likeness (QED) is 0.655. The molecule has 0 unspecified atom stereocenters. The Bertz CT molecular complexity index is 1040. The summed E-state index contributed by atoms with van der Waals surface area (Å²) >= 11 is 0. The molecule has 0 spiro atoms. The molecule has 2 aromatic carbocycles. The zero-order chi connectivity index (χ0) is 20.8. The lowest BCUT2D eigenvalue weighted by atomic mass is 10.1. The van der Waals surface area contributed by atoms with Gasteiger partial charge in [0, 0.05) is 11.6 Å². The SMILES string of the molecule is CCOc1ccccc1NC(=O)[C@@H](CC)n1nc(-c2ccc(C)cc2)ccc1=O. The van der Waals surface area contributed by atoms with Crippen LogP contribution in [0.3, 0.4) is 0 Å². The molecule has 1 atom stereocenters. The van der Waals surface area contributed by atoms with Crippen LogP contribution in [0.1, 0.15) is 31.9 Å². The Balaban J connectivity index is 1.91. The average molecular weight is 391 g/mol. The number of rotatable bonds is 7. The van der Waals surface area contributed by atoms with E-state index in [1.165, 1.54) is 10.7 Å². The summed E-state index contributed by atoms with van der Waals surface area (Å²) in [5, 5.41) is 7.35.